The van der Waals surface area contributed by atoms with Crippen molar-refractivity contribution in [2.75, 3.05) is 0 Å². The predicted octanol–water partition coefficient (Wildman–Crippen LogP) is 4.53. The lowest BCUT2D eigenvalue weighted by Crippen LogP contribution is -2.41. The van der Waals surface area contributed by atoms with E-state index in [1.165, 1.54) is 4.88 Å². The lowest BCUT2D eigenvalue weighted by molar-refractivity contribution is -0.126. The van der Waals surface area contributed by atoms with Crippen LogP contribution in [-0.2, 0) is 16.8 Å². The summed E-state index contributed by atoms with van der Waals surface area (Å²) in [6.07, 6.45) is 4.18. The quantitative estimate of drug-likeness (QED) is 0.881. The van der Waals surface area contributed by atoms with Crippen molar-refractivity contribution in [1.29, 1.82) is 0 Å². The molecule has 1 aliphatic carbocycles. The second-order valence-corrected chi connectivity index (χ2v) is 6.96. The maximum atomic E-state index is 12.8. The topological polar surface area (TPSA) is 29.1 Å². The van der Waals surface area contributed by atoms with Crippen LogP contribution in [0.2, 0.25) is 5.02 Å². The van der Waals surface area contributed by atoms with E-state index in [2.05, 4.69) is 16.8 Å². The van der Waals surface area contributed by atoms with Gasteiger partial charge >= 0.3 is 0 Å². The third-order valence-electron chi connectivity index (χ3n) is 4.25. The molecule has 1 aromatic carbocycles. The van der Waals surface area contributed by atoms with E-state index in [4.69, 9.17) is 11.6 Å². The molecule has 1 aliphatic rings. The Hall–Kier alpha value is -1.32. The van der Waals surface area contributed by atoms with Gasteiger partial charge in [-0.05, 0) is 42.0 Å². The number of hydrogen-bond donors (Lipinski definition) is 1. The van der Waals surface area contributed by atoms with Crippen molar-refractivity contribution < 1.29 is 4.79 Å². The zero-order valence-electron chi connectivity index (χ0n) is 11.8. The molecule has 0 aliphatic heterocycles. The molecule has 0 spiro atoms. The summed E-state index contributed by atoms with van der Waals surface area (Å²) in [6, 6.07) is 11.7. The molecule has 1 aromatic heterocycles. The minimum absolute atomic E-state index is 0.164. The molecule has 0 unspecified atom stereocenters. The number of benzene rings is 1. The van der Waals surface area contributed by atoms with Crippen LogP contribution >= 0.6 is 22.9 Å². The molecule has 0 saturated heterocycles. The predicted molar refractivity (Wildman–Crippen MR) is 87.8 cm³/mol. The highest BCUT2D eigenvalue weighted by Crippen LogP contribution is 2.43. The summed E-state index contributed by atoms with van der Waals surface area (Å²) in [6.45, 7) is 0.559. The molecule has 1 fully saturated rings. The fourth-order valence-corrected chi connectivity index (χ4v) is 4.18. The van der Waals surface area contributed by atoms with Crippen LogP contribution in [0.15, 0.2) is 41.8 Å². The Bertz CT molecular complexity index is 600. The SMILES string of the molecule is O=C(NCc1ccc(Cl)cc1)C1(c2cccs2)CCCC1. The van der Waals surface area contributed by atoms with Gasteiger partial charge in [-0.3, -0.25) is 4.79 Å². The van der Waals surface area contributed by atoms with Crippen LogP contribution in [-0.4, -0.2) is 5.91 Å². The number of hydrogen-bond acceptors (Lipinski definition) is 2. The molecule has 2 nitrogen and oxygen atoms in total. The summed E-state index contributed by atoms with van der Waals surface area (Å²) in [7, 11) is 0. The van der Waals surface area contributed by atoms with Crippen LogP contribution in [0.25, 0.3) is 0 Å². The van der Waals surface area contributed by atoms with Gasteiger partial charge in [-0.1, -0.05) is 42.6 Å². The van der Waals surface area contributed by atoms with E-state index in [1.807, 2.05) is 30.3 Å². The van der Waals surface area contributed by atoms with Crippen molar-refractivity contribution in [2.24, 2.45) is 0 Å². The van der Waals surface area contributed by atoms with E-state index in [1.54, 1.807) is 11.3 Å². The van der Waals surface area contributed by atoms with Crippen molar-refractivity contribution >= 4 is 28.8 Å². The van der Waals surface area contributed by atoms with Crippen LogP contribution in [0.1, 0.15) is 36.1 Å². The number of amides is 1. The van der Waals surface area contributed by atoms with Gasteiger partial charge in [-0.15, -0.1) is 11.3 Å². The highest BCUT2D eigenvalue weighted by molar-refractivity contribution is 7.10. The molecule has 21 heavy (non-hydrogen) atoms. The van der Waals surface area contributed by atoms with E-state index in [-0.39, 0.29) is 11.3 Å². The summed E-state index contributed by atoms with van der Waals surface area (Å²) >= 11 is 7.57. The summed E-state index contributed by atoms with van der Waals surface area (Å²) in [5.41, 5.74) is 0.771. The summed E-state index contributed by atoms with van der Waals surface area (Å²) in [5, 5.41) is 5.89. The van der Waals surface area contributed by atoms with Crippen molar-refractivity contribution in [3.63, 3.8) is 0 Å². The Morgan fingerprint density at radius 2 is 1.90 bits per heavy atom. The fraction of sp³-hybridized carbons (Fsp3) is 0.353. The van der Waals surface area contributed by atoms with Gasteiger partial charge in [0.25, 0.3) is 0 Å². The van der Waals surface area contributed by atoms with Crippen LogP contribution in [0, 0.1) is 0 Å². The zero-order valence-corrected chi connectivity index (χ0v) is 13.3. The van der Waals surface area contributed by atoms with Crippen LogP contribution < -0.4 is 5.32 Å². The van der Waals surface area contributed by atoms with Gasteiger partial charge in [-0.2, -0.15) is 0 Å². The molecule has 3 rings (SSSR count). The number of nitrogens with one attached hydrogen (secondary N) is 1. The van der Waals surface area contributed by atoms with Gasteiger partial charge in [-0.25, -0.2) is 0 Å². The molecule has 110 valence electrons. The van der Waals surface area contributed by atoms with Gasteiger partial charge in [0.15, 0.2) is 0 Å². The van der Waals surface area contributed by atoms with Crippen molar-refractivity contribution in [3.8, 4) is 0 Å². The summed E-state index contributed by atoms with van der Waals surface area (Å²) in [4.78, 5) is 14.0. The average Bonchev–Trinajstić information content (AvgIpc) is 3.18. The molecule has 1 heterocycles. The summed E-state index contributed by atoms with van der Waals surface area (Å²) < 4.78 is 0. The minimum atomic E-state index is -0.305. The van der Waals surface area contributed by atoms with Crippen LogP contribution in [0.5, 0.6) is 0 Å². The van der Waals surface area contributed by atoms with E-state index in [0.29, 0.717) is 6.54 Å². The summed E-state index contributed by atoms with van der Waals surface area (Å²) in [5.74, 6) is 0.164. The van der Waals surface area contributed by atoms with Gasteiger partial charge in [0, 0.05) is 16.4 Å². The molecule has 1 saturated carbocycles. The minimum Gasteiger partial charge on any atom is -0.351 e. The Kier molecular flexibility index (Phi) is 4.32. The Morgan fingerprint density at radius 1 is 1.19 bits per heavy atom. The Morgan fingerprint density at radius 3 is 2.52 bits per heavy atom. The van der Waals surface area contributed by atoms with E-state index in [9.17, 15) is 4.79 Å². The Labute approximate surface area is 134 Å². The number of carbonyl (C=O) groups excluding carboxylic acids is 1. The second kappa shape index (κ2) is 6.20. The number of carbonyl (C=O) groups is 1. The number of halogens is 1. The number of rotatable bonds is 4. The highest BCUT2D eigenvalue weighted by Gasteiger charge is 2.43. The first-order chi connectivity index (χ1) is 10.2. The molecule has 1 N–H and O–H groups in total. The average molecular weight is 320 g/mol. The largest absolute Gasteiger partial charge is 0.351 e. The van der Waals surface area contributed by atoms with Crippen molar-refractivity contribution in [2.45, 2.75) is 37.6 Å². The van der Waals surface area contributed by atoms with Gasteiger partial charge in [0.05, 0.1) is 5.41 Å². The standard InChI is InChI=1S/C17H18ClNOS/c18-14-7-5-13(6-8-14)12-19-16(20)17(9-1-2-10-17)15-4-3-11-21-15/h3-8,11H,1-2,9-10,12H2,(H,19,20). The third-order valence-corrected chi connectivity index (χ3v) is 5.58. The highest BCUT2D eigenvalue weighted by atomic mass is 35.5. The second-order valence-electron chi connectivity index (χ2n) is 5.58. The smallest absolute Gasteiger partial charge is 0.231 e. The molecule has 1 amide bonds. The number of thiophene rings is 1. The lowest BCUT2D eigenvalue weighted by Gasteiger charge is -2.26. The van der Waals surface area contributed by atoms with E-state index >= 15 is 0 Å². The molecule has 0 atom stereocenters. The first-order valence-corrected chi connectivity index (χ1v) is 8.53. The zero-order chi connectivity index (χ0) is 14.7. The van der Waals surface area contributed by atoms with Crippen LogP contribution in [0.4, 0.5) is 0 Å². The van der Waals surface area contributed by atoms with E-state index in [0.717, 1.165) is 36.3 Å². The maximum absolute atomic E-state index is 12.8. The van der Waals surface area contributed by atoms with E-state index < -0.39 is 0 Å². The lowest BCUT2D eigenvalue weighted by atomic mass is 9.83. The maximum Gasteiger partial charge on any atom is 0.231 e. The normalized spacial score (nSPS) is 16.8. The molecular formula is C17H18ClNOS. The molecule has 0 radical (unpaired) electrons. The first-order valence-electron chi connectivity index (χ1n) is 7.27. The van der Waals surface area contributed by atoms with Gasteiger partial charge in [0.2, 0.25) is 5.91 Å². The van der Waals surface area contributed by atoms with Gasteiger partial charge in [0.1, 0.15) is 0 Å². The monoisotopic (exact) mass is 319 g/mol. The van der Waals surface area contributed by atoms with Crippen LogP contribution in [0.3, 0.4) is 0 Å². The molecule has 2 aromatic rings. The third kappa shape index (κ3) is 2.99. The van der Waals surface area contributed by atoms with Gasteiger partial charge < -0.3 is 5.32 Å². The molecular weight excluding hydrogens is 302 g/mol. The van der Waals surface area contributed by atoms with Crippen molar-refractivity contribution in [1.82, 2.24) is 5.32 Å². The first kappa shape index (κ1) is 14.6. The fourth-order valence-electron chi connectivity index (χ4n) is 3.07. The Balaban J connectivity index is 1.72. The molecule has 4 heteroatoms. The molecule has 0 bridgehead atoms. The van der Waals surface area contributed by atoms with Crippen molar-refractivity contribution in [3.05, 3.63) is 57.2 Å².